The van der Waals surface area contributed by atoms with Crippen LogP contribution in [-0.2, 0) is 23.0 Å². The Kier molecular flexibility index (Phi) is 3.11. The van der Waals surface area contributed by atoms with Crippen molar-refractivity contribution in [3.05, 3.63) is 11.9 Å². The molecule has 1 saturated heterocycles. The van der Waals surface area contributed by atoms with Gasteiger partial charge in [-0.15, -0.1) is 5.10 Å². The number of rotatable bonds is 3. The first-order valence-corrected chi connectivity index (χ1v) is 5.21. The molecule has 1 aliphatic rings. The lowest BCUT2D eigenvalue weighted by atomic mass is 9.95. The molecule has 1 fully saturated rings. The number of hydrogen-bond acceptors (Lipinski definition) is 4. The summed E-state index contributed by atoms with van der Waals surface area (Å²) in [7, 11) is 1.80. The molecule has 0 saturated carbocycles. The molecule has 1 aromatic heterocycles. The topological polar surface area (TPSA) is 57.0 Å². The maximum absolute atomic E-state index is 11.8. The average Bonchev–Trinajstić information content (AvgIpc) is 2.65. The average molecular weight is 209 g/mol. The minimum absolute atomic E-state index is 0.0563. The van der Waals surface area contributed by atoms with E-state index in [4.69, 9.17) is 4.74 Å². The molecule has 2 rings (SSSR count). The van der Waals surface area contributed by atoms with Gasteiger partial charge in [0, 0.05) is 25.8 Å². The van der Waals surface area contributed by atoms with E-state index in [0.29, 0.717) is 13.0 Å². The van der Waals surface area contributed by atoms with Crippen molar-refractivity contribution in [3.8, 4) is 0 Å². The normalized spacial score (nSPS) is 21.5. The van der Waals surface area contributed by atoms with Crippen LogP contribution in [0.1, 0.15) is 18.5 Å². The number of Topliss-reactive ketones (excluding diaryl/α,β-unsaturated/α-hetero) is 1. The quantitative estimate of drug-likeness (QED) is 0.721. The highest BCUT2D eigenvalue weighted by molar-refractivity contribution is 5.83. The van der Waals surface area contributed by atoms with Crippen molar-refractivity contribution in [1.82, 2.24) is 15.0 Å². The monoisotopic (exact) mass is 209 g/mol. The van der Waals surface area contributed by atoms with E-state index in [0.717, 1.165) is 25.1 Å². The predicted octanol–water partition coefficient (Wildman–Crippen LogP) is 0.353. The number of nitrogens with zero attached hydrogens (tertiary/aromatic N) is 3. The molecule has 15 heavy (non-hydrogen) atoms. The SMILES string of the molecule is Cn1cc(CC(=O)C2CCCOC2)nn1. The van der Waals surface area contributed by atoms with Gasteiger partial charge in [-0.3, -0.25) is 9.48 Å². The third-order valence-corrected chi connectivity index (χ3v) is 2.62. The van der Waals surface area contributed by atoms with Crippen LogP contribution in [0.5, 0.6) is 0 Å². The summed E-state index contributed by atoms with van der Waals surface area (Å²) in [5.74, 6) is 0.274. The second-order valence-corrected chi connectivity index (χ2v) is 3.94. The molecule has 5 nitrogen and oxygen atoms in total. The van der Waals surface area contributed by atoms with Crippen LogP contribution in [0, 0.1) is 5.92 Å². The van der Waals surface area contributed by atoms with Gasteiger partial charge in [-0.05, 0) is 12.8 Å². The maximum Gasteiger partial charge on any atom is 0.144 e. The molecule has 1 atom stereocenters. The first-order chi connectivity index (χ1) is 7.25. The summed E-state index contributed by atoms with van der Waals surface area (Å²) in [6.45, 7) is 1.36. The summed E-state index contributed by atoms with van der Waals surface area (Å²) < 4.78 is 6.90. The van der Waals surface area contributed by atoms with Crippen molar-refractivity contribution < 1.29 is 9.53 Å². The van der Waals surface area contributed by atoms with E-state index in [1.165, 1.54) is 0 Å². The number of carbonyl (C=O) groups excluding carboxylic acids is 1. The van der Waals surface area contributed by atoms with Gasteiger partial charge in [0.15, 0.2) is 0 Å². The number of aromatic nitrogens is 3. The van der Waals surface area contributed by atoms with Gasteiger partial charge in [-0.2, -0.15) is 0 Å². The zero-order valence-electron chi connectivity index (χ0n) is 8.85. The van der Waals surface area contributed by atoms with Gasteiger partial charge in [-0.25, -0.2) is 0 Å². The number of carbonyl (C=O) groups is 1. The van der Waals surface area contributed by atoms with Crippen LogP contribution >= 0.6 is 0 Å². The molecule has 0 radical (unpaired) electrons. The van der Waals surface area contributed by atoms with Crippen molar-refractivity contribution in [1.29, 1.82) is 0 Å². The summed E-state index contributed by atoms with van der Waals surface area (Å²) in [5, 5.41) is 7.70. The zero-order chi connectivity index (χ0) is 10.7. The van der Waals surface area contributed by atoms with Gasteiger partial charge in [-0.1, -0.05) is 5.21 Å². The molecule has 1 unspecified atom stereocenters. The summed E-state index contributed by atoms with van der Waals surface area (Å²) in [6.07, 6.45) is 4.08. The van der Waals surface area contributed by atoms with Gasteiger partial charge in [0.1, 0.15) is 5.78 Å². The highest BCUT2D eigenvalue weighted by atomic mass is 16.5. The number of aryl methyl sites for hydroxylation is 1. The molecule has 0 amide bonds. The molecule has 82 valence electrons. The standard InChI is InChI=1S/C10H15N3O2/c1-13-6-9(11-12-13)5-10(14)8-3-2-4-15-7-8/h6,8H,2-5,7H2,1H3. The minimum Gasteiger partial charge on any atom is -0.381 e. The van der Waals surface area contributed by atoms with Gasteiger partial charge >= 0.3 is 0 Å². The molecule has 0 N–H and O–H groups in total. The Morgan fingerprint density at radius 1 is 1.73 bits per heavy atom. The van der Waals surface area contributed by atoms with E-state index in [-0.39, 0.29) is 11.7 Å². The number of ether oxygens (including phenoxy) is 1. The predicted molar refractivity (Wildman–Crippen MR) is 53.3 cm³/mol. The molecule has 0 bridgehead atoms. The lowest BCUT2D eigenvalue weighted by Crippen LogP contribution is -2.26. The fourth-order valence-corrected chi connectivity index (χ4v) is 1.79. The summed E-state index contributed by atoms with van der Waals surface area (Å²) in [5.41, 5.74) is 0.744. The molecule has 0 aromatic carbocycles. The van der Waals surface area contributed by atoms with Crippen LogP contribution < -0.4 is 0 Å². The van der Waals surface area contributed by atoms with Gasteiger partial charge in [0.05, 0.1) is 18.7 Å². The van der Waals surface area contributed by atoms with Crippen molar-refractivity contribution in [2.45, 2.75) is 19.3 Å². The van der Waals surface area contributed by atoms with E-state index in [1.54, 1.807) is 17.9 Å². The Hall–Kier alpha value is -1.23. The summed E-state index contributed by atoms with van der Waals surface area (Å²) in [4.78, 5) is 11.8. The highest BCUT2D eigenvalue weighted by Crippen LogP contribution is 2.16. The van der Waals surface area contributed by atoms with Gasteiger partial charge in [0.2, 0.25) is 0 Å². The maximum atomic E-state index is 11.8. The minimum atomic E-state index is 0.0563. The molecule has 5 heteroatoms. The number of ketones is 1. The molecular weight excluding hydrogens is 194 g/mol. The van der Waals surface area contributed by atoms with Crippen LogP contribution in [0.25, 0.3) is 0 Å². The Morgan fingerprint density at radius 3 is 3.20 bits per heavy atom. The third-order valence-electron chi connectivity index (χ3n) is 2.62. The zero-order valence-corrected chi connectivity index (χ0v) is 8.85. The Balaban J connectivity index is 1.91. The lowest BCUT2D eigenvalue weighted by molar-refractivity contribution is -0.126. The van der Waals surface area contributed by atoms with Crippen molar-refractivity contribution in [3.63, 3.8) is 0 Å². The molecule has 1 aromatic rings. The highest BCUT2D eigenvalue weighted by Gasteiger charge is 2.22. The van der Waals surface area contributed by atoms with Crippen LogP contribution in [0.15, 0.2) is 6.20 Å². The van der Waals surface area contributed by atoms with Crippen LogP contribution in [0.3, 0.4) is 0 Å². The second kappa shape index (κ2) is 4.53. The van der Waals surface area contributed by atoms with Crippen LogP contribution in [0.4, 0.5) is 0 Å². The molecule has 2 heterocycles. The van der Waals surface area contributed by atoms with Crippen molar-refractivity contribution >= 4 is 5.78 Å². The van der Waals surface area contributed by atoms with Crippen LogP contribution in [-0.4, -0.2) is 34.0 Å². The molecule has 0 aliphatic carbocycles. The van der Waals surface area contributed by atoms with Gasteiger partial charge in [0.25, 0.3) is 0 Å². The van der Waals surface area contributed by atoms with E-state index in [9.17, 15) is 4.79 Å². The molecule has 1 aliphatic heterocycles. The fourth-order valence-electron chi connectivity index (χ4n) is 1.79. The summed E-state index contributed by atoms with van der Waals surface area (Å²) >= 11 is 0. The largest absolute Gasteiger partial charge is 0.381 e. The second-order valence-electron chi connectivity index (χ2n) is 3.94. The van der Waals surface area contributed by atoms with Crippen molar-refractivity contribution in [2.24, 2.45) is 13.0 Å². The number of hydrogen-bond donors (Lipinski definition) is 0. The molecular formula is C10H15N3O2. The lowest BCUT2D eigenvalue weighted by Gasteiger charge is -2.20. The molecule has 0 spiro atoms. The third kappa shape index (κ3) is 2.62. The van der Waals surface area contributed by atoms with Crippen LogP contribution in [0.2, 0.25) is 0 Å². The smallest absolute Gasteiger partial charge is 0.144 e. The fraction of sp³-hybridized carbons (Fsp3) is 0.700. The van der Waals surface area contributed by atoms with E-state index in [2.05, 4.69) is 10.3 Å². The van der Waals surface area contributed by atoms with E-state index >= 15 is 0 Å². The Labute approximate surface area is 88.4 Å². The van der Waals surface area contributed by atoms with E-state index in [1.807, 2.05) is 0 Å². The summed E-state index contributed by atoms with van der Waals surface area (Å²) in [6, 6.07) is 0. The van der Waals surface area contributed by atoms with E-state index < -0.39 is 0 Å². The Bertz CT molecular complexity index is 342. The Morgan fingerprint density at radius 2 is 2.60 bits per heavy atom. The van der Waals surface area contributed by atoms with Gasteiger partial charge < -0.3 is 4.74 Å². The first kappa shape index (κ1) is 10.3. The van der Waals surface area contributed by atoms with Crippen molar-refractivity contribution in [2.75, 3.05) is 13.2 Å². The first-order valence-electron chi connectivity index (χ1n) is 5.21.